The molecular weight excluding hydrogens is 372 g/mol. The first-order valence-electron chi connectivity index (χ1n) is 8.57. The Morgan fingerprint density at radius 1 is 1.19 bits per heavy atom. The number of anilines is 1. The zero-order valence-electron chi connectivity index (χ0n) is 14.3. The molecule has 3 N–H and O–H groups in total. The first-order chi connectivity index (χ1) is 12.4. The first-order valence-corrected chi connectivity index (χ1v) is 11.0. The van der Waals surface area contributed by atoms with Crippen LogP contribution >= 0.6 is 11.3 Å². The standard InChI is InChI=1S/C18H22N2O4S2/c19-26(22,23)17-10-14(12-25-17)18(21)20-15-6-8-16(9-7-15)24-11-13-4-2-1-3-5-13/h6-10,12-13H,1-5,11H2,(H,20,21)(H2,19,22,23). The summed E-state index contributed by atoms with van der Waals surface area (Å²) in [7, 11) is -3.79. The number of thiophene rings is 1. The van der Waals surface area contributed by atoms with Crippen LogP contribution in [-0.4, -0.2) is 20.9 Å². The highest BCUT2D eigenvalue weighted by molar-refractivity contribution is 7.91. The number of hydrogen-bond acceptors (Lipinski definition) is 5. The second kappa shape index (κ2) is 8.20. The average molecular weight is 395 g/mol. The highest BCUT2D eigenvalue weighted by Crippen LogP contribution is 2.25. The molecule has 1 aliphatic carbocycles. The number of nitrogens with two attached hydrogens (primary N) is 1. The molecule has 1 heterocycles. The zero-order valence-corrected chi connectivity index (χ0v) is 15.9. The monoisotopic (exact) mass is 394 g/mol. The number of nitrogens with one attached hydrogen (secondary N) is 1. The van der Waals surface area contributed by atoms with Gasteiger partial charge in [-0.05, 0) is 49.1 Å². The molecule has 140 valence electrons. The van der Waals surface area contributed by atoms with Gasteiger partial charge in [0.25, 0.3) is 5.91 Å². The van der Waals surface area contributed by atoms with Gasteiger partial charge in [0, 0.05) is 11.1 Å². The van der Waals surface area contributed by atoms with E-state index >= 15 is 0 Å². The van der Waals surface area contributed by atoms with Gasteiger partial charge < -0.3 is 10.1 Å². The van der Waals surface area contributed by atoms with Gasteiger partial charge in [-0.2, -0.15) is 0 Å². The molecule has 2 aromatic rings. The Labute approximate surface area is 157 Å². The van der Waals surface area contributed by atoms with Gasteiger partial charge in [-0.25, -0.2) is 13.6 Å². The van der Waals surface area contributed by atoms with Crippen LogP contribution in [0.4, 0.5) is 5.69 Å². The number of carbonyl (C=O) groups excluding carboxylic acids is 1. The number of carbonyl (C=O) groups is 1. The molecule has 1 amide bonds. The number of primary sulfonamides is 1. The van der Waals surface area contributed by atoms with Gasteiger partial charge in [-0.15, -0.1) is 11.3 Å². The molecule has 1 saturated carbocycles. The third-order valence-corrected chi connectivity index (χ3v) is 6.83. The molecule has 0 spiro atoms. The molecule has 1 aromatic carbocycles. The van der Waals surface area contributed by atoms with Crippen LogP contribution in [0.3, 0.4) is 0 Å². The quantitative estimate of drug-likeness (QED) is 0.782. The van der Waals surface area contributed by atoms with Crippen molar-refractivity contribution in [2.45, 2.75) is 36.3 Å². The topological polar surface area (TPSA) is 98.5 Å². The number of hydrogen-bond donors (Lipinski definition) is 2. The molecule has 8 heteroatoms. The van der Waals surface area contributed by atoms with Gasteiger partial charge in [0.1, 0.15) is 9.96 Å². The van der Waals surface area contributed by atoms with E-state index in [1.165, 1.54) is 43.6 Å². The van der Waals surface area contributed by atoms with E-state index in [4.69, 9.17) is 9.88 Å². The lowest BCUT2D eigenvalue weighted by Crippen LogP contribution is -2.15. The fraction of sp³-hybridized carbons (Fsp3) is 0.389. The SMILES string of the molecule is NS(=O)(=O)c1cc(C(=O)Nc2ccc(OCC3CCCCC3)cc2)cs1. The summed E-state index contributed by atoms with van der Waals surface area (Å²) in [5.41, 5.74) is 0.875. The summed E-state index contributed by atoms with van der Waals surface area (Å²) in [4.78, 5) is 12.2. The highest BCUT2D eigenvalue weighted by atomic mass is 32.2. The van der Waals surface area contributed by atoms with E-state index in [9.17, 15) is 13.2 Å². The van der Waals surface area contributed by atoms with Gasteiger partial charge >= 0.3 is 0 Å². The summed E-state index contributed by atoms with van der Waals surface area (Å²) in [6.07, 6.45) is 6.36. The van der Waals surface area contributed by atoms with Crippen LogP contribution in [0.25, 0.3) is 0 Å². The van der Waals surface area contributed by atoms with E-state index in [0.29, 0.717) is 11.6 Å². The Hall–Kier alpha value is -1.90. The van der Waals surface area contributed by atoms with Gasteiger partial charge in [-0.3, -0.25) is 4.79 Å². The molecule has 1 aromatic heterocycles. The van der Waals surface area contributed by atoms with Gasteiger partial charge in [-0.1, -0.05) is 19.3 Å². The summed E-state index contributed by atoms with van der Waals surface area (Å²) in [6.45, 7) is 0.733. The van der Waals surface area contributed by atoms with E-state index in [1.807, 2.05) is 12.1 Å². The molecule has 1 fully saturated rings. The lowest BCUT2D eigenvalue weighted by molar-refractivity contribution is 0.102. The summed E-state index contributed by atoms with van der Waals surface area (Å²) < 4.78 is 28.4. The second-order valence-electron chi connectivity index (χ2n) is 6.49. The molecule has 26 heavy (non-hydrogen) atoms. The van der Waals surface area contributed by atoms with Crippen molar-refractivity contribution in [1.29, 1.82) is 0 Å². The van der Waals surface area contributed by atoms with Crippen LogP contribution in [0.5, 0.6) is 5.75 Å². The second-order valence-corrected chi connectivity index (χ2v) is 9.19. The van der Waals surface area contributed by atoms with Crippen molar-refractivity contribution in [3.8, 4) is 5.75 Å². The number of rotatable bonds is 6. The normalized spacial score (nSPS) is 15.6. The Morgan fingerprint density at radius 2 is 1.88 bits per heavy atom. The van der Waals surface area contributed by atoms with Crippen LogP contribution < -0.4 is 15.2 Å². The summed E-state index contributed by atoms with van der Waals surface area (Å²) in [5.74, 6) is 1.03. The Bertz CT molecular complexity index is 854. The maximum atomic E-state index is 12.2. The number of amides is 1. The van der Waals surface area contributed by atoms with Crippen molar-refractivity contribution in [2.75, 3.05) is 11.9 Å². The van der Waals surface area contributed by atoms with Crippen LogP contribution in [0.15, 0.2) is 39.9 Å². The van der Waals surface area contributed by atoms with Crippen molar-refractivity contribution in [1.82, 2.24) is 0 Å². The van der Waals surface area contributed by atoms with Crippen LogP contribution in [0.2, 0.25) is 0 Å². The maximum Gasteiger partial charge on any atom is 0.256 e. The van der Waals surface area contributed by atoms with Crippen LogP contribution in [0, 0.1) is 5.92 Å². The van der Waals surface area contributed by atoms with Crippen molar-refractivity contribution in [3.05, 3.63) is 41.3 Å². The molecule has 0 unspecified atom stereocenters. The smallest absolute Gasteiger partial charge is 0.256 e. The molecule has 0 saturated heterocycles. The minimum Gasteiger partial charge on any atom is -0.493 e. The van der Waals surface area contributed by atoms with Crippen LogP contribution in [-0.2, 0) is 10.0 Å². The Kier molecular flexibility index (Phi) is 5.95. The van der Waals surface area contributed by atoms with Crippen molar-refractivity contribution < 1.29 is 17.9 Å². The fourth-order valence-electron chi connectivity index (χ4n) is 2.99. The number of benzene rings is 1. The van der Waals surface area contributed by atoms with Gasteiger partial charge in [0.2, 0.25) is 10.0 Å². The van der Waals surface area contributed by atoms with E-state index < -0.39 is 10.0 Å². The van der Waals surface area contributed by atoms with E-state index in [-0.39, 0.29) is 15.7 Å². The van der Waals surface area contributed by atoms with E-state index in [1.54, 1.807) is 12.1 Å². The molecule has 6 nitrogen and oxygen atoms in total. The predicted octanol–water partition coefficient (Wildman–Crippen LogP) is 3.61. The van der Waals surface area contributed by atoms with Crippen molar-refractivity contribution >= 4 is 33.0 Å². The van der Waals surface area contributed by atoms with E-state index in [2.05, 4.69) is 5.32 Å². The molecule has 0 aliphatic heterocycles. The lowest BCUT2D eigenvalue weighted by Gasteiger charge is -2.21. The van der Waals surface area contributed by atoms with Crippen molar-refractivity contribution in [2.24, 2.45) is 11.1 Å². The first kappa shape index (κ1) is 18.9. The molecule has 0 radical (unpaired) electrons. The van der Waals surface area contributed by atoms with Crippen LogP contribution in [0.1, 0.15) is 42.5 Å². The molecule has 0 atom stereocenters. The zero-order chi connectivity index (χ0) is 18.6. The molecule has 0 bridgehead atoms. The number of ether oxygens (including phenoxy) is 1. The van der Waals surface area contributed by atoms with E-state index in [0.717, 1.165) is 23.7 Å². The third kappa shape index (κ3) is 5.06. The average Bonchev–Trinajstić information content (AvgIpc) is 3.13. The lowest BCUT2D eigenvalue weighted by atomic mass is 9.90. The molecule has 3 rings (SSSR count). The Morgan fingerprint density at radius 3 is 2.50 bits per heavy atom. The fourth-order valence-corrected chi connectivity index (χ4v) is 4.58. The third-order valence-electron chi connectivity index (χ3n) is 4.44. The maximum absolute atomic E-state index is 12.2. The number of sulfonamides is 1. The highest BCUT2D eigenvalue weighted by Gasteiger charge is 2.16. The van der Waals surface area contributed by atoms with Gasteiger partial charge in [0.05, 0.1) is 12.2 Å². The summed E-state index contributed by atoms with van der Waals surface area (Å²) >= 11 is 0.924. The summed E-state index contributed by atoms with van der Waals surface area (Å²) in [5, 5.41) is 9.26. The largest absolute Gasteiger partial charge is 0.493 e. The predicted molar refractivity (Wildman–Crippen MR) is 102 cm³/mol. The van der Waals surface area contributed by atoms with Crippen molar-refractivity contribution in [3.63, 3.8) is 0 Å². The molecular formula is C18H22N2O4S2. The summed E-state index contributed by atoms with van der Waals surface area (Å²) in [6, 6.07) is 8.45. The minimum atomic E-state index is -3.79. The minimum absolute atomic E-state index is 0.0332. The van der Waals surface area contributed by atoms with Gasteiger partial charge in [0.15, 0.2) is 0 Å². The molecule has 1 aliphatic rings. The Balaban J connectivity index is 1.55.